The zero-order valence-corrected chi connectivity index (χ0v) is 12.1. The molecule has 0 aliphatic rings. The third-order valence-electron chi connectivity index (χ3n) is 2.31. The molecule has 0 bridgehead atoms. The van der Waals surface area contributed by atoms with E-state index in [4.69, 9.17) is 4.74 Å². The molecule has 0 unspecified atom stereocenters. The van der Waals surface area contributed by atoms with Crippen LogP contribution in [0.4, 0.5) is 18.3 Å². The van der Waals surface area contributed by atoms with Crippen LogP contribution < -0.4 is 10.1 Å². The molecule has 0 aliphatic carbocycles. The third-order valence-corrected chi connectivity index (χ3v) is 2.98. The second kappa shape index (κ2) is 6.25. The molecule has 0 aliphatic heterocycles. The molecular weight excluding hydrogens is 305 g/mol. The van der Waals surface area contributed by atoms with Crippen LogP contribution in [0, 0.1) is 0 Å². The Morgan fingerprint density at radius 2 is 2.14 bits per heavy atom. The molecule has 114 valence electrons. The van der Waals surface area contributed by atoms with E-state index >= 15 is 0 Å². The summed E-state index contributed by atoms with van der Waals surface area (Å²) in [5.74, 6) is -0.694. The molecule has 0 spiro atoms. The fraction of sp³-hybridized carbons (Fsp3) is 0.417. The van der Waals surface area contributed by atoms with Crippen molar-refractivity contribution in [1.82, 2.24) is 14.3 Å². The number of rotatable bonds is 5. The van der Waals surface area contributed by atoms with Crippen LogP contribution in [0.3, 0.4) is 0 Å². The second-order valence-corrected chi connectivity index (χ2v) is 5.16. The first kappa shape index (κ1) is 15.5. The van der Waals surface area contributed by atoms with Gasteiger partial charge < -0.3 is 10.1 Å². The minimum atomic E-state index is -4.53. The summed E-state index contributed by atoms with van der Waals surface area (Å²) in [6.45, 7) is 3.99. The van der Waals surface area contributed by atoms with Crippen molar-refractivity contribution >= 4 is 16.7 Å². The second-order valence-electron chi connectivity index (χ2n) is 4.41. The quantitative estimate of drug-likeness (QED) is 0.916. The molecule has 2 heterocycles. The maximum Gasteiger partial charge on any atom is 0.452 e. The number of anilines is 1. The van der Waals surface area contributed by atoms with Crippen LogP contribution in [0.2, 0.25) is 0 Å². The molecule has 0 saturated carbocycles. The van der Waals surface area contributed by atoms with Gasteiger partial charge in [0.1, 0.15) is 0 Å². The van der Waals surface area contributed by atoms with Crippen molar-refractivity contribution in [2.24, 2.45) is 0 Å². The van der Waals surface area contributed by atoms with E-state index in [-0.39, 0.29) is 17.8 Å². The number of aromatic nitrogens is 3. The molecule has 2 aromatic rings. The molecule has 0 atom stereocenters. The van der Waals surface area contributed by atoms with E-state index < -0.39 is 12.0 Å². The third kappa shape index (κ3) is 4.28. The van der Waals surface area contributed by atoms with Crippen molar-refractivity contribution in [2.75, 3.05) is 5.32 Å². The van der Waals surface area contributed by atoms with E-state index in [0.717, 1.165) is 5.56 Å². The van der Waals surface area contributed by atoms with Crippen LogP contribution in [0.15, 0.2) is 18.3 Å². The van der Waals surface area contributed by atoms with Crippen molar-refractivity contribution in [3.8, 4) is 5.88 Å². The zero-order chi connectivity index (χ0) is 15.5. The number of hydrogen-bond acceptors (Lipinski definition) is 6. The molecule has 0 saturated heterocycles. The van der Waals surface area contributed by atoms with Crippen molar-refractivity contribution in [2.45, 2.75) is 32.7 Å². The zero-order valence-electron chi connectivity index (χ0n) is 11.3. The highest BCUT2D eigenvalue weighted by atomic mass is 32.1. The summed E-state index contributed by atoms with van der Waals surface area (Å²) >= 11 is 0.662. The minimum absolute atomic E-state index is 0.0444. The summed E-state index contributed by atoms with van der Waals surface area (Å²) in [6, 6.07) is 3.51. The molecule has 0 amide bonds. The number of nitrogens with zero attached hydrogens (tertiary/aromatic N) is 3. The Hall–Kier alpha value is -1.90. The molecule has 0 fully saturated rings. The lowest BCUT2D eigenvalue weighted by Crippen LogP contribution is -2.11. The highest BCUT2D eigenvalue weighted by molar-refractivity contribution is 7.09. The summed E-state index contributed by atoms with van der Waals surface area (Å²) in [5, 5.41) is 2.89. The van der Waals surface area contributed by atoms with E-state index in [9.17, 15) is 13.2 Å². The summed E-state index contributed by atoms with van der Waals surface area (Å²) in [5.41, 5.74) is 0.731. The molecule has 9 heteroatoms. The van der Waals surface area contributed by atoms with E-state index in [1.54, 1.807) is 18.3 Å². The van der Waals surface area contributed by atoms with Gasteiger partial charge in [0.2, 0.25) is 16.8 Å². The topological polar surface area (TPSA) is 59.9 Å². The molecule has 21 heavy (non-hydrogen) atoms. The van der Waals surface area contributed by atoms with Crippen LogP contribution in [0.1, 0.15) is 25.2 Å². The predicted molar refractivity (Wildman–Crippen MR) is 72.2 cm³/mol. The normalized spacial score (nSPS) is 11.7. The Kier molecular flexibility index (Phi) is 4.61. The number of nitrogens with one attached hydrogen (secondary N) is 1. The molecule has 5 nitrogen and oxygen atoms in total. The first-order chi connectivity index (χ1) is 9.86. The summed E-state index contributed by atoms with van der Waals surface area (Å²) in [6.07, 6.45) is -2.98. The van der Waals surface area contributed by atoms with Crippen LogP contribution >= 0.6 is 11.5 Å². The number of hydrogen-bond donors (Lipinski definition) is 1. The highest BCUT2D eigenvalue weighted by Gasteiger charge is 2.36. The Balaban J connectivity index is 2.05. The van der Waals surface area contributed by atoms with Crippen LogP contribution in [0.5, 0.6) is 5.88 Å². The maximum absolute atomic E-state index is 12.4. The number of ether oxygens (including phenoxy) is 1. The van der Waals surface area contributed by atoms with Gasteiger partial charge in [-0.1, -0.05) is 6.07 Å². The number of pyridine rings is 1. The lowest BCUT2D eigenvalue weighted by molar-refractivity contribution is -0.144. The maximum atomic E-state index is 12.4. The van der Waals surface area contributed by atoms with Gasteiger partial charge in [0.25, 0.3) is 0 Å². The smallest absolute Gasteiger partial charge is 0.452 e. The lowest BCUT2D eigenvalue weighted by Gasteiger charge is -2.12. The minimum Gasteiger partial charge on any atom is -0.475 e. The standard InChI is InChI=1S/C12H13F3N4OS/c1-7(2)20-9-8(4-3-5-16-9)6-17-11-18-10(19-21-11)12(13,14)15/h3-5,7H,6H2,1-2H3,(H,17,18,19). The van der Waals surface area contributed by atoms with Crippen molar-refractivity contribution in [3.63, 3.8) is 0 Å². The molecule has 1 N–H and O–H groups in total. The van der Waals surface area contributed by atoms with E-state index in [1.165, 1.54) is 0 Å². The largest absolute Gasteiger partial charge is 0.475 e. The van der Waals surface area contributed by atoms with Gasteiger partial charge >= 0.3 is 6.18 Å². The average molecular weight is 318 g/mol. The van der Waals surface area contributed by atoms with Crippen LogP contribution in [-0.4, -0.2) is 20.4 Å². The Labute approximate surface area is 123 Å². The van der Waals surface area contributed by atoms with E-state index in [2.05, 4.69) is 19.7 Å². The predicted octanol–water partition coefficient (Wildman–Crippen LogP) is 3.35. The summed E-state index contributed by atoms with van der Waals surface area (Å²) in [4.78, 5) is 7.50. The van der Waals surface area contributed by atoms with Gasteiger partial charge in [-0.3, -0.25) is 0 Å². The Morgan fingerprint density at radius 3 is 2.76 bits per heavy atom. The van der Waals surface area contributed by atoms with Gasteiger partial charge in [-0.2, -0.15) is 22.5 Å². The SMILES string of the molecule is CC(C)Oc1ncccc1CNc1nc(C(F)(F)F)ns1. The average Bonchev–Trinajstić information content (AvgIpc) is 2.86. The van der Waals surface area contributed by atoms with Gasteiger partial charge in [-0.25, -0.2) is 4.98 Å². The van der Waals surface area contributed by atoms with Gasteiger partial charge in [0, 0.05) is 29.8 Å². The monoisotopic (exact) mass is 318 g/mol. The lowest BCUT2D eigenvalue weighted by atomic mass is 10.2. The summed E-state index contributed by atoms with van der Waals surface area (Å²) < 4.78 is 46.0. The fourth-order valence-corrected chi connectivity index (χ4v) is 2.05. The molecule has 2 aromatic heterocycles. The highest BCUT2D eigenvalue weighted by Crippen LogP contribution is 2.29. The van der Waals surface area contributed by atoms with Crippen LogP contribution in [0.25, 0.3) is 0 Å². The van der Waals surface area contributed by atoms with Gasteiger partial charge in [0.15, 0.2) is 0 Å². The van der Waals surface area contributed by atoms with Crippen molar-refractivity contribution < 1.29 is 17.9 Å². The van der Waals surface area contributed by atoms with E-state index in [0.29, 0.717) is 17.4 Å². The molecular formula is C12H13F3N4OS. The summed E-state index contributed by atoms with van der Waals surface area (Å²) in [7, 11) is 0. The van der Waals surface area contributed by atoms with Crippen molar-refractivity contribution in [1.29, 1.82) is 0 Å². The first-order valence-corrected chi connectivity index (χ1v) is 6.89. The molecule has 0 aromatic carbocycles. The number of alkyl halides is 3. The van der Waals surface area contributed by atoms with Gasteiger partial charge in [0.05, 0.1) is 6.10 Å². The molecule has 0 radical (unpaired) electrons. The van der Waals surface area contributed by atoms with E-state index in [1.807, 2.05) is 13.8 Å². The number of halogens is 3. The Morgan fingerprint density at radius 1 is 1.38 bits per heavy atom. The Bertz CT molecular complexity index is 600. The fourth-order valence-electron chi connectivity index (χ4n) is 1.47. The first-order valence-electron chi connectivity index (χ1n) is 6.11. The van der Waals surface area contributed by atoms with Crippen molar-refractivity contribution in [3.05, 3.63) is 29.7 Å². The molecule has 2 rings (SSSR count). The van der Waals surface area contributed by atoms with Crippen LogP contribution in [-0.2, 0) is 12.7 Å². The van der Waals surface area contributed by atoms with Gasteiger partial charge in [-0.15, -0.1) is 0 Å². The van der Waals surface area contributed by atoms with Gasteiger partial charge in [-0.05, 0) is 19.9 Å².